The van der Waals surface area contributed by atoms with E-state index in [2.05, 4.69) is 33.5 Å². The average Bonchev–Trinajstić information content (AvgIpc) is 3.16. The topological polar surface area (TPSA) is 63.5 Å². The maximum absolute atomic E-state index is 11.8. The van der Waals surface area contributed by atoms with Crippen molar-refractivity contribution in [3.63, 3.8) is 0 Å². The van der Waals surface area contributed by atoms with Gasteiger partial charge in [0.2, 0.25) is 0 Å². The highest BCUT2D eigenvalue weighted by atomic mass is 79.9. The molecule has 1 fully saturated rings. The van der Waals surface area contributed by atoms with Crippen molar-refractivity contribution in [2.24, 2.45) is 5.92 Å². The van der Waals surface area contributed by atoms with Gasteiger partial charge in [0.15, 0.2) is 4.67 Å². The van der Waals surface area contributed by atoms with Crippen LogP contribution in [0, 0.1) is 5.92 Å². The Bertz CT molecular complexity index is 520. The average molecular weight is 373 g/mol. The molecule has 0 spiro atoms. The molecule has 1 saturated carbocycles. The van der Waals surface area contributed by atoms with Crippen LogP contribution in [0.3, 0.4) is 0 Å². The van der Waals surface area contributed by atoms with Gasteiger partial charge in [0.05, 0.1) is 6.54 Å². The molecule has 2 rings (SSSR count). The number of rotatable bonds is 6. The molecule has 0 aliphatic heterocycles. The molecule has 5 nitrogen and oxygen atoms in total. The van der Waals surface area contributed by atoms with E-state index in [1.165, 1.54) is 12.8 Å². The van der Waals surface area contributed by atoms with Gasteiger partial charge in [0.25, 0.3) is 0 Å². The van der Waals surface area contributed by atoms with E-state index in [-0.39, 0.29) is 11.6 Å². The molecule has 22 heavy (non-hydrogen) atoms. The van der Waals surface area contributed by atoms with Gasteiger partial charge in [-0.15, -0.1) is 0 Å². The third kappa shape index (κ3) is 5.32. The second-order valence-electron chi connectivity index (χ2n) is 7.11. The maximum Gasteiger partial charge on any atom is 0.407 e. The van der Waals surface area contributed by atoms with Gasteiger partial charge in [-0.1, -0.05) is 0 Å². The lowest BCUT2D eigenvalue weighted by Crippen LogP contribution is -2.53. The molecular formula is C16H25BrN2O3. The molecule has 0 bridgehead atoms. The minimum atomic E-state index is -0.478. The third-order valence-electron chi connectivity index (χ3n) is 3.77. The van der Waals surface area contributed by atoms with Crippen LogP contribution in [0.1, 0.15) is 46.3 Å². The van der Waals surface area contributed by atoms with Crippen LogP contribution in [0.25, 0.3) is 0 Å². The molecule has 1 unspecified atom stereocenters. The van der Waals surface area contributed by atoms with Crippen molar-refractivity contribution >= 4 is 22.0 Å². The van der Waals surface area contributed by atoms with E-state index < -0.39 is 5.60 Å². The number of ether oxygens (including phenoxy) is 1. The zero-order chi connectivity index (χ0) is 16.4. The van der Waals surface area contributed by atoms with E-state index >= 15 is 0 Å². The van der Waals surface area contributed by atoms with Crippen molar-refractivity contribution in [2.45, 2.75) is 58.2 Å². The monoisotopic (exact) mass is 372 g/mol. The minimum absolute atomic E-state index is 0.157. The molecule has 1 aromatic heterocycles. The molecule has 0 aromatic carbocycles. The van der Waals surface area contributed by atoms with Crippen molar-refractivity contribution < 1.29 is 13.9 Å². The Hall–Kier alpha value is -1.01. The SMILES string of the molecule is CC(C)(C)OC(=O)NCC(C)(NCc1ccc(Br)o1)C1CC1. The van der Waals surface area contributed by atoms with E-state index in [4.69, 9.17) is 9.15 Å². The zero-order valence-corrected chi connectivity index (χ0v) is 15.2. The van der Waals surface area contributed by atoms with E-state index in [9.17, 15) is 4.79 Å². The number of carbonyl (C=O) groups excluding carboxylic acids is 1. The molecule has 0 radical (unpaired) electrons. The van der Waals surface area contributed by atoms with Crippen LogP contribution in [0.4, 0.5) is 4.79 Å². The fourth-order valence-corrected chi connectivity index (χ4v) is 2.72. The Morgan fingerprint density at radius 2 is 2.05 bits per heavy atom. The first-order valence-electron chi connectivity index (χ1n) is 7.64. The standard InChI is InChI=1S/C16H25BrN2O3/c1-15(2,3)22-14(20)18-10-16(4,11-5-6-11)19-9-12-7-8-13(17)21-12/h7-8,11,19H,5-6,9-10H2,1-4H3,(H,18,20). The largest absolute Gasteiger partial charge is 0.453 e. The van der Waals surface area contributed by atoms with E-state index in [0.29, 0.717) is 19.0 Å². The van der Waals surface area contributed by atoms with Crippen LogP contribution in [0.2, 0.25) is 0 Å². The van der Waals surface area contributed by atoms with Gasteiger partial charge in [-0.3, -0.25) is 0 Å². The molecule has 1 atom stereocenters. The van der Waals surface area contributed by atoms with Crippen molar-refractivity contribution in [1.29, 1.82) is 0 Å². The van der Waals surface area contributed by atoms with Crippen LogP contribution in [-0.2, 0) is 11.3 Å². The Kier molecular flexibility index (Phi) is 5.22. The van der Waals surface area contributed by atoms with Crippen LogP contribution in [0.5, 0.6) is 0 Å². The fourth-order valence-electron chi connectivity index (χ4n) is 2.38. The number of nitrogens with one attached hydrogen (secondary N) is 2. The number of alkyl carbamates (subject to hydrolysis) is 1. The summed E-state index contributed by atoms with van der Waals surface area (Å²) in [6.07, 6.45) is 1.99. The molecule has 1 heterocycles. The molecule has 1 amide bonds. The Morgan fingerprint density at radius 3 is 2.55 bits per heavy atom. The van der Waals surface area contributed by atoms with Crippen molar-refractivity contribution in [3.05, 3.63) is 22.6 Å². The highest BCUT2D eigenvalue weighted by Gasteiger charge is 2.41. The summed E-state index contributed by atoms with van der Waals surface area (Å²) < 4.78 is 11.5. The number of hydrogen-bond donors (Lipinski definition) is 2. The first-order chi connectivity index (χ1) is 10.2. The highest BCUT2D eigenvalue weighted by molar-refractivity contribution is 9.10. The minimum Gasteiger partial charge on any atom is -0.453 e. The van der Waals surface area contributed by atoms with E-state index in [1.807, 2.05) is 32.9 Å². The summed E-state index contributed by atoms with van der Waals surface area (Å²) in [4.78, 5) is 11.8. The Labute approximate surface area is 140 Å². The summed E-state index contributed by atoms with van der Waals surface area (Å²) >= 11 is 3.30. The third-order valence-corrected chi connectivity index (χ3v) is 4.20. The van der Waals surface area contributed by atoms with Crippen molar-refractivity contribution in [1.82, 2.24) is 10.6 Å². The lowest BCUT2D eigenvalue weighted by molar-refractivity contribution is 0.0507. The zero-order valence-electron chi connectivity index (χ0n) is 13.7. The van der Waals surface area contributed by atoms with Gasteiger partial charge >= 0.3 is 6.09 Å². The molecule has 1 aliphatic rings. The summed E-state index contributed by atoms with van der Waals surface area (Å²) in [5.41, 5.74) is -0.635. The van der Waals surface area contributed by atoms with Crippen LogP contribution in [0.15, 0.2) is 21.2 Å². The predicted molar refractivity (Wildman–Crippen MR) is 88.6 cm³/mol. The van der Waals surface area contributed by atoms with E-state index in [1.54, 1.807) is 0 Å². The highest BCUT2D eigenvalue weighted by Crippen LogP contribution is 2.39. The normalized spacial score (nSPS) is 17.9. The first kappa shape index (κ1) is 17.3. The quantitative estimate of drug-likeness (QED) is 0.796. The van der Waals surface area contributed by atoms with Crippen molar-refractivity contribution in [2.75, 3.05) is 6.54 Å². The lowest BCUT2D eigenvalue weighted by Gasteiger charge is -2.31. The number of furan rings is 1. The van der Waals surface area contributed by atoms with Crippen LogP contribution >= 0.6 is 15.9 Å². The molecular weight excluding hydrogens is 348 g/mol. The molecule has 1 aromatic rings. The van der Waals surface area contributed by atoms with Gasteiger partial charge < -0.3 is 19.8 Å². The van der Waals surface area contributed by atoms with Crippen molar-refractivity contribution in [3.8, 4) is 0 Å². The lowest BCUT2D eigenvalue weighted by atomic mass is 9.95. The van der Waals surface area contributed by atoms with Gasteiger partial charge in [0, 0.05) is 12.1 Å². The van der Waals surface area contributed by atoms with Gasteiger partial charge in [-0.05, 0) is 74.5 Å². The van der Waals surface area contributed by atoms with Gasteiger partial charge in [-0.25, -0.2) is 4.79 Å². The molecule has 124 valence electrons. The summed E-state index contributed by atoms with van der Waals surface area (Å²) in [7, 11) is 0. The smallest absolute Gasteiger partial charge is 0.407 e. The maximum atomic E-state index is 11.8. The summed E-state index contributed by atoms with van der Waals surface area (Å²) in [5, 5.41) is 6.40. The molecule has 0 saturated heterocycles. The molecule has 1 aliphatic carbocycles. The summed E-state index contributed by atoms with van der Waals surface area (Å²) in [6, 6.07) is 3.82. The second kappa shape index (κ2) is 6.62. The van der Waals surface area contributed by atoms with E-state index in [0.717, 1.165) is 10.4 Å². The van der Waals surface area contributed by atoms with Gasteiger partial charge in [-0.2, -0.15) is 0 Å². The number of carbonyl (C=O) groups is 1. The van der Waals surface area contributed by atoms with Crippen LogP contribution in [-0.4, -0.2) is 23.8 Å². The second-order valence-corrected chi connectivity index (χ2v) is 7.89. The Balaban J connectivity index is 1.86. The molecule has 6 heteroatoms. The summed E-state index contributed by atoms with van der Waals surface area (Å²) in [5.74, 6) is 1.44. The van der Waals surface area contributed by atoms with Gasteiger partial charge in [0.1, 0.15) is 11.4 Å². The molecule has 2 N–H and O–H groups in total. The number of hydrogen-bond acceptors (Lipinski definition) is 4. The number of halogens is 1. The summed E-state index contributed by atoms with van der Waals surface area (Å²) in [6.45, 7) is 8.89. The number of amides is 1. The Morgan fingerprint density at radius 1 is 1.36 bits per heavy atom. The fraction of sp³-hybridized carbons (Fsp3) is 0.688. The van der Waals surface area contributed by atoms with Crippen LogP contribution < -0.4 is 10.6 Å². The first-order valence-corrected chi connectivity index (χ1v) is 8.43. The predicted octanol–water partition coefficient (Wildman–Crippen LogP) is 3.83.